The molecule has 2 aromatic carbocycles. The number of thiocarbonyl (C=S) groups is 1. The highest BCUT2D eigenvalue weighted by atomic mass is 35.5. The fraction of sp³-hybridized carbons (Fsp3) is 0.200. The zero-order valence-corrected chi connectivity index (χ0v) is 17.4. The summed E-state index contributed by atoms with van der Waals surface area (Å²) in [5.41, 5.74) is 1.46. The van der Waals surface area contributed by atoms with Gasteiger partial charge in [-0.1, -0.05) is 24.6 Å². The van der Waals surface area contributed by atoms with Gasteiger partial charge >= 0.3 is 5.97 Å². The van der Waals surface area contributed by atoms with E-state index < -0.39 is 11.9 Å². The Morgan fingerprint density at radius 2 is 1.79 bits per heavy atom. The van der Waals surface area contributed by atoms with Crippen LogP contribution >= 0.6 is 23.8 Å². The molecule has 2 rings (SSSR count). The Kier molecular flexibility index (Phi) is 8.11. The van der Waals surface area contributed by atoms with Crippen molar-refractivity contribution in [3.05, 3.63) is 58.6 Å². The first kappa shape index (κ1) is 22.3. The van der Waals surface area contributed by atoms with Gasteiger partial charge in [-0.05, 0) is 55.0 Å². The van der Waals surface area contributed by atoms with Crippen molar-refractivity contribution in [2.24, 2.45) is 0 Å². The number of methoxy groups -OCH3 is 1. The molecule has 0 atom stereocenters. The third-order valence-electron chi connectivity index (χ3n) is 3.75. The molecular weight excluding hydrogens is 414 g/mol. The second-order valence-electron chi connectivity index (χ2n) is 5.97. The summed E-state index contributed by atoms with van der Waals surface area (Å²) in [6.07, 6.45) is 1.14. The van der Waals surface area contributed by atoms with Crippen LogP contribution < -0.4 is 16.0 Å². The monoisotopic (exact) mass is 433 g/mol. The normalized spacial score (nSPS) is 10.0. The topological polar surface area (TPSA) is 96.5 Å². The van der Waals surface area contributed by atoms with E-state index in [9.17, 15) is 14.4 Å². The van der Waals surface area contributed by atoms with Gasteiger partial charge in [0.15, 0.2) is 5.11 Å². The van der Waals surface area contributed by atoms with Crippen LogP contribution in [-0.2, 0) is 9.53 Å². The minimum atomic E-state index is -0.547. The number of nitrogens with one attached hydrogen (secondary N) is 3. The molecule has 2 aromatic rings. The number of halogens is 1. The van der Waals surface area contributed by atoms with E-state index in [2.05, 4.69) is 20.7 Å². The van der Waals surface area contributed by atoms with Crippen LogP contribution in [0.25, 0.3) is 0 Å². The van der Waals surface area contributed by atoms with Gasteiger partial charge in [-0.3, -0.25) is 14.9 Å². The molecule has 152 valence electrons. The van der Waals surface area contributed by atoms with Crippen LogP contribution in [0.5, 0.6) is 0 Å². The predicted molar refractivity (Wildman–Crippen MR) is 116 cm³/mol. The predicted octanol–water partition coefficient (Wildman–Crippen LogP) is 3.99. The lowest BCUT2D eigenvalue weighted by atomic mass is 10.1. The molecule has 0 aliphatic heterocycles. The minimum absolute atomic E-state index is 0.0115. The smallest absolute Gasteiger partial charge is 0.337 e. The van der Waals surface area contributed by atoms with Crippen molar-refractivity contribution < 1.29 is 19.1 Å². The van der Waals surface area contributed by atoms with E-state index in [4.69, 9.17) is 23.8 Å². The van der Waals surface area contributed by atoms with Gasteiger partial charge in [0.25, 0.3) is 5.91 Å². The van der Waals surface area contributed by atoms with Crippen molar-refractivity contribution in [1.29, 1.82) is 0 Å². The van der Waals surface area contributed by atoms with Crippen molar-refractivity contribution in [3.8, 4) is 0 Å². The lowest BCUT2D eigenvalue weighted by molar-refractivity contribution is -0.116. The molecule has 2 amide bonds. The Balaban J connectivity index is 2.06. The molecule has 0 heterocycles. The summed E-state index contributed by atoms with van der Waals surface area (Å²) in [5.74, 6) is -1.16. The van der Waals surface area contributed by atoms with Gasteiger partial charge in [0, 0.05) is 17.7 Å². The molecule has 0 fully saturated rings. The summed E-state index contributed by atoms with van der Waals surface area (Å²) in [7, 11) is 1.26. The minimum Gasteiger partial charge on any atom is -0.465 e. The van der Waals surface area contributed by atoms with Crippen LogP contribution in [0.3, 0.4) is 0 Å². The van der Waals surface area contributed by atoms with Crippen molar-refractivity contribution in [1.82, 2.24) is 5.32 Å². The number of anilines is 2. The SMILES string of the molecule is CCCC(=O)Nc1ccc(Cl)c(NC(=S)NC(=O)c2cccc(C(=O)OC)c2)c1. The average Bonchev–Trinajstić information content (AvgIpc) is 2.70. The van der Waals surface area contributed by atoms with Crippen molar-refractivity contribution in [2.45, 2.75) is 19.8 Å². The van der Waals surface area contributed by atoms with E-state index in [0.29, 0.717) is 22.8 Å². The molecule has 0 aromatic heterocycles. The highest BCUT2D eigenvalue weighted by molar-refractivity contribution is 7.80. The molecule has 3 N–H and O–H groups in total. The molecule has 0 radical (unpaired) electrons. The maximum Gasteiger partial charge on any atom is 0.337 e. The fourth-order valence-corrected chi connectivity index (χ4v) is 2.75. The van der Waals surface area contributed by atoms with Gasteiger partial charge in [0.2, 0.25) is 5.91 Å². The van der Waals surface area contributed by atoms with Crippen LogP contribution in [0.15, 0.2) is 42.5 Å². The number of benzene rings is 2. The number of amides is 2. The molecule has 0 aliphatic carbocycles. The molecule has 0 spiro atoms. The van der Waals surface area contributed by atoms with Gasteiger partial charge < -0.3 is 15.4 Å². The van der Waals surface area contributed by atoms with E-state index >= 15 is 0 Å². The van der Waals surface area contributed by atoms with E-state index in [1.165, 1.54) is 19.2 Å². The molecule has 9 heteroatoms. The molecular formula is C20H20ClN3O4S. The zero-order chi connectivity index (χ0) is 21.4. The maximum absolute atomic E-state index is 12.4. The fourth-order valence-electron chi connectivity index (χ4n) is 2.38. The Morgan fingerprint density at radius 1 is 1.07 bits per heavy atom. The van der Waals surface area contributed by atoms with E-state index in [-0.39, 0.29) is 22.1 Å². The first-order chi connectivity index (χ1) is 13.8. The summed E-state index contributed by atoms with van der Waals surface area (Å²) in [4.78, 5) is 35.7. The highest BCUT2D eigenvalue weighted by Crippen LogP contribution is 2.25. The summed E-state index contributed by atoms with van der Waals surface area (Å²) in [6, 6.07) is 10.9. The first-order valence-corrected chi connectivity index (χ1v) is 9.52. The van der Waals surface area contributed by atoms with Crippen molar-refractivity contribution in [3.63, 3.8) is 0 Å². The first-order valence-electron chi connectivity index (χ1n) is 8.74. The van der Waals surface area contributed by atoms with Gasteiger partial charge in [-0.2, -0.15) is 0 Å². The molecule has 7 nitrogen and oxygen atoms in total. The summed E-state index contributed by atoms with van der Waals surface area (Å²) in [6.45, 7) is 1.91. The number of ether oxygens (including phenoxy) is 1. The maximum atomic E-state index is 12.4. The molecule has 0 unspecified atom stereocenters. The standard InChI is InChI=1S/C20H20ClN3O4S/c1-3-5-17(25)22-14-8-9-15(21)16(11-14)23-20(29)24-18(26)12-6-4-7-13(10-12)19(27)28-2/h4,6-11H,3,5H2,1-2H3,(H,22,25)(H2,23,24,26,29). The molecule has 0 saturated carbocycles. The second kappa shape index (κ2) is 10.5. The Labute approximate surface area is 178 Å². The highest BCUT2D eigenvalue weighted by Gasteiger charge is 2.13. The van der Waals surface area contributed by atoms with E-state index in [1.807, 2.05) is 6.92 Å². The van der Waals surface area contributed by atoms with Crippen LogP contribution in [0.4, 0.5) is 11.4 Å². The number of hydrogen-bond donors (Lipinski definition) is 3. The van der Waals surface area contributed by atoms with Crippen molar-refractivity contribution >= 4 is 58.1 Å². The molecule has 0 aliphatic rings. The molecule has 0 bridgehead atoms. The van der Waals surface area contributed by atoms with Crippen molar-refractivity contribution in [2.75, 3.05) is 17.7 Å². The molecule has 0 saturated heterocycles. The van der Waals surface area contributed by atoms with Crippen LogP contribution in [-0.4, -0.2) is 30.0 Å². The second-order valence-corrected chi connectivity index (χ2v) is 6.79. The lowest BCUT2D eigenvalue weighted by Crippen LogP contribution is -2.34. The van der Waals surface area contributed by atoms with Crippen LogP contribution in [0, 0.1) is 0 Å². The van der Waals surface area contributed by atoms with Crippen LogP contribution in [0.1, 0.15) is 40.5 Å². The van der Waals surface area contributed by atoms with Gasteiger partial charge in [0.05, 0.1) is 23.4 Å². The summed E-state index contributed by atoms with van der Waals surface area (Å²) >= 11 is 11.3. The number of hydrogen-bond acceptors (Lipinski definition) is 5. The number of carbonyl (C=O) groups is 3. The van der Waals surface area contributed by atoms with Gasteiger partial charge in [0.1, 0.15) is 0 Å². The van der Waals surface area contributed by atoms with E-state index in [1.54, 1.807) is 30.3 Å². The quantitative estimate of drug-likeness (QED) is 0.470. The summed E-state index contributed by atoms with van der Waals surface area (Å²) in [5, 5.41) is 8.49. The Bertz CT molecular complexity index is 949. The number of carbonyl (C=O) groups excluding carboxylic acids is 3. The molecule has 29 heavy (non-hydrogen) atoms. The van der Waals surface area contributed by atoms with Gasteiger partial charge in [-0.15, -0.1) is 0 Å². The summed E-state index contributed by atoms with van der Waals surface area (Å²) < 4.78 is 4.64. The average molecular weight is 434 g/mol. The Morgan fingerprint density at radius 3 is 2.48 bits per heavy atom. The third kappa shape index (κ3) is 6.55. The van der Waals surface area contributed by atoms with E-state index in [0.717, 1.165) is 6.42 Å². The largest absolute Gasteiger partial charge is 0.465 e. The third-order valence-corrected chi connectivity index (χ3v) is 4.28. The van der Waals surface area contributed by atoms with Gasteiger partial charge in [-0.25, -0.2) is 4.79 Å². The lowest BCUT2D eigenvalue weighted by Gasteiger charge is -2.13. The Hall–Kier alpha value is -2.97. The van der Waals surface area contributed by atoms with Crippen LogP contribution in [0.2, 0.25) is 5.02 Å². The number of rotatable bonds is 6. The number of esters is 1. The zero-order valence-electron chi connectivity index (χ0n) is 15.9.